The van der Waals surface area contributed by atoms with Crippen molar-refractivity contribution in [2.75, 3.05) is 13.6 Å². The maximum absolute atomic E-state index is 12.1. The van der Waals surface area contributed by atoms with E-state index in [4.69, 9.17) is 0 Å². The van der Waals surface area contributed by atoms with Gasteiger partial charge < -0.3 is 10.3 Å². The number of sulfonamides is 1. The Morgan fingerprint density at radius 1 is 1.37 bits per heavy atom. The summed E-state index contributed by atoms with van der Waals surface area (Å²) < 4.78 is 26.9. The van der Waals surface area contributed by atoms with Gasteiger partial charge >= 0.3 is 0 Å². The molecule has 1 atom stereocenters. The molecule has 1 aromatic heterocycles. The molecule has 0 aliphatic heterocycles. The molecule has 0 radical (unpaired) electrons. The number of aromatic amines is 1. The monoisotopic (exact) mass is 287 g/mol. The van der Waals surface area contributed by atoms with Crippen molar-refractivity contribution in [3.05, 3.63) is 18.0 Å². The highest BCUT2D eigenvalue weighted by Crippen LogP contribution is 2.24. The normalized spacial score (nSPS) is 14.6. The summed E-state index contributed by atoms with van der Waals surface area (Å²) in [6, 6.07) is 1.65. The first-order chi connectivity index (χ1) is 8.66. The van der Waals surface area contributed by atoms with Crippen LogP contribution in [-0.2, 0) is 16.6 Å². The zero-order valence-electron chi connectivity index (χ0n) is 12.4. The van der Waals surface area contributed by atoms with Gasteiger partial charge in [0.1, 0.15) is 0 Å². The van der Waals surface area contributed by atoms with Crippen LogP contribution in [0.15, 0.2) is 17.2 Å². The molecule has 0 aliphatic rings. The largest absolute Gasteiger partial charge is 0.363 e. The molecule has 0 saturated carbocycles. The summed E-state index contributed by atoms with van der Waals surface area (Å²) in [4.78, 5) is 3.24. The lowest BCUT2D eigenvalue weighted by Crippen LogP contribution is -2.33. The van der Waals surface area contributed by atoms with Crippen LogP contribution in [0.2, 0.25) is 0 Å². The summed E-state index contributed by atoms with van der Waals surface area (Å²) in [5.41, 5.74) is 0.935. The molecule has 1 heterocycles. The van der Waals surface area contributed by atoms with Gasteiger partial charge in [-0.2, -0.15) is 0 Å². The second-order valence-corrected chi connectivity index (χ2v) is 7.78. The molecule has 0 bridgehead atoms. The predicted molar refractivity (Wildman–Crippen MR) is 77.4 cm³/mol. The molecule has 110 valence electrons. The van der Waals surface area contributed by atoms with Crippen molar-refractivity contribution in [3.63, 3.8) is 0 Å². The Balaban J connectivity index is 2.70. The minimum atomic E-state index is -3.42. The maximum Gasteiger partial charge on any atom is 0.242 e. The lowest BCUT2D eigenvalue weighted by Gasteiger charge is -2.27. The van der Waals surface area contributed by atoms with Crippen molar-refractivity contribution >= 4 is 10.0 Å². The van der Waals surface area contributed by atoms with Gasteiger partial charge in [0.25, 0.3) is 0 Å². The fourth-order valence-corrected chi connectivity index (χ4v) is 2.64. The third-order valence-corrected chi connectivity index (χ3v) is 4.85. The SMILES string of the molecule is CNCc1cc(S(=O)(=O)NCC(C)C(C)(C)C)c[nH]1. The minimum Gasteiger partial charge on any atom is -0.363 e. The van der Waals surface area contributed by atoms with E-state index in [1.807, 2.05) is 14.0 Å². The highest BCUT2D eigenvalue weighted by molar-refractivity contribution is 7.89. The first-order valence-electron chi connectivity index (χ1n) is 6.48. The Morgan fingerprint density at radius 2 is 2.00 bits per heavy atom. The fraction of sp³-hybridized carbons (Fsp3) is 0.692. The Morgan fingerprint density at radius 3 is 2.53 bits per heavy atom. The van der Waals surface area contributed by atoms with E-state index in [9.17, 15) is 8.42 Å². The predicted octanol–water partition coefficient (Wildman–Crippen LogP) is 1.69. The van der Waals surface area contributed by atoms with Gasteiger partial charge in [-0.05, 0) is 24.4 Å². The zero-order chi connectivity index (χ0) is 14.7. The molecule has 5 nitrogen and oxygen atoms in total. The van der Waals surface area contributed by atoms with Gasteiger partial charge in [0.15, 0.2) is 0 Å². The molecule has 3 N–H and O–H groups in total. The van der Waals surface area contributed by atoms with Crippen LogP contribution >= 0.6 is 0 Å². The van der Waals surface area contributed by atoms with E-state index in [1.54, 1.807) is 6.07 Å². The number of hydrogen-bond donors (Lipinski definition) is 3. The van der Waals surface area contributed by atoms with E-state index >= 15 is 0 Å². The minimum absolute atomic E-state index is 0.0813. The van der Waals surface area contributed by atoms with Crippen molar-refractivity contribution in [2.24, 2.45) is 11.3 Å². The molecular formula is C13H25N3O2S. The van der Waals surface area contributed by atoms with Gasteiger partial charge in [0, 0.05) is 25.0 Å². The zero-order valence-corrected chi connectivity index (χ0v) is 13.2. The van der Waals surface area contributed by atoms with Crippen LogP contribution in [0.3, 0.4) is 0 Å². The molecule has 1 rings (SSSR count). The van der Waals surface area contributed by atoms with Crippen LogP contribution in [-0.4, -0.2) is 27.0 Å². The second-order valence-electron chi connectivity index (χ2n) is 6.01. The lowest BCUT2D eigenvalue weighted by molar-refractivity contribution is 0.263. The number of hydrogen-bond acceptors (Lipinski definition) is 3. The summed E-state index contributed by atoms with van der Waals surface area (Å²) in [6.07, 6.45) is 1.52. The van der Waals surface area contributed by atoms with E-state index in [1.165, 1.54) is 6.20 Å². The van der Waals surface area contributed by atoms with Crippen LogP contribution in [0.5, 0.6) is 0 Å². The summed E-state index contributed by atoms with van der Waals surface area (Å²) in [5, 5.41) is 2.97. The summed E-state index contributed by atoms with van der Waals surface area (Å²) in [7, 11) is -1.60. The van der Waals surface area contributed by atoms with Gasteiger partial charge in [-0.25, -0.2) is 13.1 Å². The smallest absolute Gasteiger partial charge is 0.242 e. The average molecular weight is 287 g/mol. The van der Waals surface area contributed by atoms with E-state index in [-0.39, 0.29) is 11.3 Å². The third kappa shape index (κ3) is 4.63. The quantitative estimate of drug-likeness (QED) is 0.745. The van der Waals surface area contributed by atoms with Crippen molar-refractivity contribution in [1.82, 2.24) is 15.0 Å². The van der Waals surface area contributed by atoms with E-state index in [0.29, 0.717) is 18.0 Å². The number of nitrogens with one attached hydrogen (secondary N) is 3. The second kappa shape index (κ2) is 6.07. The Hall–Kier alpha value is -0.850. The maximum atomic E-state index is 12.1. The van der Waals surface area contributed by atoms with Gasteiger partial charge in [-0.1, -0.05) is 27.7 Å². The highest BCUT2D eigenvalue weighted by atomic mass is 32.2. The van der Waals surface area contributed by atoms with Crippen LogP contribution in [0, 0.1) is 11.3 Å². The van der Waals surface area contributed by atoms with Crippen molar-refractivity contribution in [2.45, 2.75) is 39.1 Å². The molecule has 0 saturated heterocycles. The number of aromatic nitrogens is 1. The van der Waals surface area contributed by atoms with Crippen LogP contribution in [0.4, 0.5) is 0 Å². The molecule has 0 amide bonds. The number of H-pyrrole nitrogens is 1. The number of rotatable bonds is 6. The third-order valence-electron chi connectivity index (χ3n) is 3.45. The Labute approximate surface area is 116 Å². The van der Waals surface area contributed by atoms with Crippen molar-refractivity contribution < 1.29 is 8.42 Å². The Kier molecular flexibility index (Phi) is 5.18. The molecular weight excluding hydrogens is 262 g/mol. The molecule has 1 aromatic rings. The van der Waals surface area contributed by atoms with Crippen LogP contribution in [0.25, 0.3) is 0 Å². The summed E-state index contributed by atoms with van der Waals surface area (Å²) >= 11 is 0. The first kappa shape index (κ1) is 16.2. The molecule has 0 aliphatic carbocycles. The molecule has 19 heavy (non-hydrogen) atoms. The van der Waals surface area contributed by atoms with E-state index < -0.39 is 10.0 Å². The van der Waals surface area contributed by atoms with Crippen LogP contribution in [0.1, 0.15) is 33.4 Å². The summed E-state index contributed by atoms with van der Waals surface area (Å²) in [6.45, 7) is 9.42. The Bertz CT molecular complexity index is 500. The molecule has 0 spiro atoms. The highest BCUT2D eigenvalue weighted by Gasteiger charge is 2.23. The lowest BCUT2D eigenvalue weighted by atomic mass is 9.82. The van der Waals surface area contributed by atoms with E-state index in [0.717, 1.165) is 5.69 Å². The summed E-state index contributed by atoms with van der Waals surface area (Å²) in [5.74, 6) is 0.262. The fourth-order valence-electron chi connectivity index (χ4n) is 1.49. The van der Waals surface area contributed by atoms with Crippen molar-refractivity contribution in [1.29, 1.82) is 0 Å². The molecule has 1 unspecified atom stereocenters. The van der Waals surface area contributed by atoms with Gasteiger partial charge in [0.05, 0.1) is 4.90 Å². The standard InChI is InChI=1S/C13H25N3O2S/c1-10(13(2,3)4)7-16-19(17,18)12-6-11(8-14-5)15-9-12/h6,9-10,14-16H,7-8H2,1-5H3. The molecule has 6 heteroatoms. The van der Waals surface area contributed by atoms with Gasteiger partial charge in [-0.15, -0.1) is 0 Å². The van der Waals surface area contributed by atoms with Crippen molar-refractivity contribution in [3.8, 4) is 0 Å². The molecule has 0 fully saturated rings. The topological polar surface area (TPSA) is 74.0 Å². The van der Waals surface area contributed by atoms with Gasteiger partial charge in [0.2, 0.25) is 10.0 Å². The first-order valence-corrected chi connectivity index (χ1v) is 7.96. The average Bonchev–Trinajstić information content (AvgIpc) is 2.74. The van der Waals surface area contributed by atoms with Crippen LogP contribution < -0.4 is 10.0 Å². The van der Waals surface area contributed by atoms with Gasteiger partial charge in [-0.3, -0.25) is 0 Å². The van der Waals surface area contributed by atoms with E-state index in [2.05, 4.69) is 35.8 Å². The molecule has 0 aromatic carbocycles.